The Morgan fingerprint density at radius 2 is 2.14 bits per heavy atom. The number of aliphatic carboxylic acids is 1. The summed E-state index contributed by atoms with van der Waals surface area (Å²) in [5.74, 6) is -0.554. The van der Waals surface area contributed by atoms with Crippen LogP contribution in [-0.2, 0) is 9.68 Å². The number of benzene rings is 1. The molecule has 1 heterocycles. The minimum absolute atomic E-state index is 0.521. The molecule has 0 saturated heterocycles. The van der Waals surface area contributed by atoms with E-state index >= 15 is 0 Å². The SMILES string of the molecule is O=C(O)C1C=Cc2ccccc2OO1. The second-order valence-electron chi connectivity index (χ2n) is 2.84. The third-order valence-electron chi connectivity index (χ3n) is 1.85. The van der Waals surface area contributed by atoms with Gasteiger partial charge in [0, 0.05) is 5.56 Å². The monoisotopic (exact) mass is 192 g/mol. The number of carboxylic acids is 1. The van der Waals surface area contributed by atoms with E-state index in [1.54, 1.807) is 18.2 Å². The topological polar surface area (TPSA) is 55.8 Å². The quantitative estimate of drug-likeness (QED) is 0.684. The van der Waals surface area contributed by atoms with Gasteiger partial charge in [0.2, 0.25) is 6.10 Å². The van der Waals surface area contributed by atoms with Crippen LogP contribution in [0.2, 0.25) is 0 Å². The summed E-state index contributed by atoms with van der Waals surface area (Å²) in [7, 11) is 0. The summed E-state index contributed by atoms with van der Waals surface area (Å²) in [6, 6.07) is 7.16. The maximum absolute atomic E-state index is 10.6. The minimum atomic E-state index is -1.07. The molecule has 0 radical (unpaired) electrons. The summed E-state index contributed by atoms with van der Waals surface area (Å²) in [5.41, 5.74) is 0.802. The van der Waals surface area contributed by atoms with Crippen molar-refractivity contribution in [3.05, 3.63) is 35.9 Å². The molecule has 0 fully saturated rings. The molecule has 14 heavy (non-hydrogen) atoms. The van der Waals surface area contributed by atoms with Crippen molar-refractivity contribution in [1.82, 2.24) is 0 Å². The van der Waals surface area contributed by atoms with Crippen molar-refractivity contribution in [2.24, 2.45) is 0 Å². The molecule has 1 aliphatic heterocycles. The summed E-state index contributed by atoms with van der Waals surface area (Å²) in [6.45, 7) is 0. The molecule has 1 aromatic carbocycles. The Labute approximate surface area is 80.3 Å². The predicted molar refractivity (Wildman–Crippen MR) is 48.6 cm³/mol. The minimum Gasteiger partial charge on any atom is -0.479 e. The number of rotatable bonds is 1. The Kier molecular flexibility index (Phi) is 2.20. The van der Waals surface area contributed by atoms with Crippen LogP contribution in [0.1, 0.15) is 5.56 Å². The summed E-state index contributed by atoms with van der Waals surface area (Å²) >= 11 is 0. The molecule has 0 saturated carbocycles. The van der Waals surface area contributed by atoms with Gasteiger partial charge in [-0.25, -0.2) is 4.79 Å². The molecule has 0 aromatic heterocycles. The number of hydrogen-bond acceptors (Lipinski definition) is 3. The largest absolute Gasteiger partial charge is 0.479 e. The second-order valence-corrected chi connectivity index (χ2v) is 2.84. The molecule has 0 bridgehead atoms. The first-order chi connectivity index (χ1) is 6.77. The van der Waals surface area contributed by atoms with Gasteiger partial charge in [-0.3, -0.25) is 0 Å². The first-order valence-electron chi connectivity index (χ1n) is 4.11. The van der Waals surface area contributed by atoms with E-state index in [1.807, 2.05) is 12.1 Å². The number of hydrogen-bond donors (Lipinski definition) is 1. The normalized spacial score (nSPS) is 19.3. The van der Waals surface area contributed by atoms with Gasteiger partial charge in [0.05, 0.1) is 0 Å². The Hall–Kier alpha value is -1.81. The van der Waals surface area contributed by atoms with Crippen molar-refractivity contribution in [3.8, 4) is 5.75 Å². The lowest BCUT2D eigenvalue weighted by molar-refractivity contribution is -0.234. The van der Waals surface area contributed by atoms with Crippen molar-refractivity contribution in [2.45, 2.75) is 6.10 Å². The van der Waals surface area contributed by atoms with E-state index in [2.05, 4.69) is 0 Å². The van der Waals surface area contributed by atoms with Crippen LogP contribution in [0.15, 0.2) is 30.3 Å². The third-order valence-corrected chi connectivity index (χ3v) is 1.85. The molecule has 0 amide bonds. The highest BCUT2D eigenvalue weighted by Crippen LogP contribution is 2.23. The van der Waals surface area contributed by atoms with Crippen molar-refractivity contribution in [2.75, 3.05) is 0 Å². The van der Waals surface area contributed by atoms with Crippen LogP contribution >= 0.6 is 0 Å². The number of fused-ring (bicyclic) bond motifs is 1. The zero-order valence-corrected chi connectivity index (χ0v) is 7.21. The van der Waals surface area contributed by atoms with E-state index < -0.39 is 12.1 Å². The predicted octanol–water partition coefficient (Wildman–Crippen LogP) is 1.48. The molecule has 4 nitrogen and oxygen atoms in total. The molecule has 4 heteroatoms. The Morgan fingerprint density at radius 3 is 2.93 bits per heavy atom. The van der Waals surface area contributed by atoms with Crippen LogP contribution < -0.4 is 4.89 Å². The molecule has 72 valence electrons. The lowest BCUT2D eigenvalue weighted by atomic mass is 10.2. The first-order valence-corrected chi connectivity index (χ1v) is 4.11. The number of carboxylic acid groups (broad SMARTS) is 1. The molecule has 2 rings (SSSR count). The third kappa shape index (κ3) is 1.60. The average molecular weight is 192 g/mol. The van der Waals surface area contributed by atoms with Crippen molar-refractivity contribution in [3.63, 3.8) is 0 Å². The molecule has 0 spiro atoms. The van der Waals surface area contributed by atoms with Crippen LogP contribution in [0.25, 0.3) is 6.08 Å². The molecular weight excluding hydrogens is 184 g/mol. The fraction of sp³-hybridized carbons (Fsp3) is 0.100. The molecule has 1 aliphatic rings. The number of para-hydroxylation sites is 1. The Morgan fingerprint density at radius 1 is 1.36 bits per heavy atom. The van der Waals surface area contributed by atoms with Crippen molar-refractivity contribution >= 4 is 12.0 Å². The smallest absolute Gasteiger partial charge is 0.341 e. The Balaban J connectivity index is 2.29. The molecule has 1 atom stereocenters. The molecule has 1 N–H and O–H groups in total. The van der Waals surface area contributed by atoms with Crippen LogP contribution in [-0.4, -0.2) is 17.2 Å². The molecule has 1 unspecified atom stereocenters. The zero-order chi connectivity index (χ0) is 9.97. The lowest BCUT2D eigenvalue weighted by Crippen LogP contribution is -2.22. The van der Waals surface area contributed by atoms with Gasteiger partial charge in [-0.1, -0.05) is 24.3 Å². The fourth-order valence-corrected chi connectivity index (χ4v) is 1.14. The fourth-order valence-electron chi connectivity index (χ4n) is 1.14. The van der Waals surface area contributed by atoms with Crippen LogP contribution in [0, 0.1) is 0 Å². The summed E-state index contributed by atoms with van der Waals surface area (Å²) in [4.78, 5) is 20.2. The maximum atomic E-state index is 10.6. The van der Waals surface area contributed by atoms with Crippen LogP contribution in [0.5, 0.6) is 5.75 Å². The van der Waals surface area contributed by atoms with E-state index in [4.69, 9.17) is 14.9 Å². The number of carbonyl (C=O) groups is 1. The highest BCUT2D eigenvalue weighted by atomic mass is 17.2. The molecular formula is C10H8O4. The van der Waals surface area contributed by atoms with Gasteiger partial charge in [0.15, 0.2) is 5.75 Å². The van der Waals surface area contributed by atoms with Gasteiger partial charge in [-0.05, 0) is 12.1 Å². The standard InChI is InChI=1S/C10H8O4/c11-10(12)9-6-5-7-3-1-2-4-8(7)13-14-9/h1-6,9H,(H,11,12). The Bertz CT molecular complexity index is 383. The van der Waals surface area contributed by atoms with E-state index in [0.717, 1.165) is 5.56 Å². The van der Waals surface area contributed by atoms with E-state index in [0.29, 0.717) is 5.75 Å². The van der Waals surface area contributed by atoms with Gasteiger partial charge in [0.1, 0.15) is 0 Å². The van der Waals surface area contributed by atoms with Gasteiger partial charge in [0.25, 0.3) is 0 Å². The van der Waals surface area contributed by atoms with E-state index in [-0.39, 0.29) is 0 Å². The lowest BCUT2D eigenvalue weighted by Gasteiger charge is -2.06. The van der Waals surface area contributed by atoms with Crippen LogP contribution in [0.4, 0.5) is 0 Å². The highest BCUT2D eigenvalue weighted by Gasteiger charge is 2.19. The van der Waals surface area contributed by atoms with Gasteiger partial charge < -0.3 is 9.99 Å². The highest BCUT2D eigenvalue weighted by molar-refractivity contribution is 5.77. The first kappa shape index (κ1) is 8.77. The van der Waals surface area contributed by atoms with E-state index in [9.17, 15) is 4.79 Å². The molecule has 1 aromatic rings. The van der Waals surface area contributed by atoms with Gasteiger partial charge in [-0.2, -0.15) is 4.89 Å². The zero-order valence-electron chi connectivity index (χ0n) is 7.21. The summed E-state index contributed by atoms with van der Waals surface area (Å²) in [5, 5.41) is 8.69. The van der Waals surface area contributed by atoms with Gasteiger partial charge in [-0.15, -0.1) is 0 Å². The van der Waals surface area contributed by atoms with E-state index in [1.165, 1.54) is 6.08 Å². The van der Waals surface area contributed by atoms with Crippen molar-refractivity contribution in [1.29, 1.82) is 0 Å². The van der Waals surface area contributed by atoms with Gasteiger partial charge >= 0.3 is 5.97 Å². The maximum Gasteiger partial charge on any atom is 0.341 e. The average Bonchev–Trinajstić information content (AvgIpc) is 2.39. The van der Waals surface area contributed by atoms with Crippen LogP contribution in [0.3, 0.4) is 0 Å². The van der Waals surface area contributed by atoms with Crippen molar-refractivity contribution < 1.29 is 19.7 Å². The molecule has 0 aliphatic carbocycles. The summed E-state index contributed by atoms with van der Waals surface area (Å²) < 4.78 is 0. The summed E-state index contributed by atoms with van der Waals surface area (Å²) in [6.07, 6.45) is 2.05. The second kappa shape index (κ2) is 3.51.